The fourth-order valence-electron chi connectivity index (χ4n) is 3.42. The Morgan fingerprint density at radius 1 is 0.645 bits per heavy atom. The van der Waals surface area contributed by atoms with E-state index in [9.17, 15) is 9.59 Å². The van der Waals surface area contributed by atoms with Gasteiger partial charge in [-0.05, 0) is 73.3 Å². The SMILES string of the molecule is CC(=O)Oc1ccccc1CCCCCSCCCCCc1ccccc1OC(C)=O. The zero-order valence-corrected chi connectivity index (χ0v) is 19.5. The molecule has 0 aromatic heterocycles. The van der Waals surface area contributed by atoms with E-state index in [2.05, 4.69) is 0 Å². The van der Waals surface area contributed by atoms with Gasteiger partial charge >= 0.3 is 11.9 Å². The van der Waals surface area contributed by atoms with Crippen molar-refractivity contribution in [3.05, 3.63) is 59.7 Å². The molecule has 0 N–H and O–H groups in total. The summed E-state index contributed by atoms with van der Waals surface area (Å²) in [5.41, 5.74) is 2.22. The van der Waals surface area contributed by atoms with Gasteiger partial charge < -0.3 is 9.47 Å². The summed E-state index contributed by atoms with van der Waals surface area (Å²) in [6.45, 7) is 2.88. The fraction of sp³-hybridized carbons (Fsp3) is 0.462. The fourth-order valence-corrected chi connectivity index (χ4v) is 4.44. The van der Waals surface area contributed by atoms with Crippen LogP contribution < -0.4 is 9.47 Å². The molecule has 0 aliphatic carbocycles. The molecule has 2 rings (SSSR count). The van der Waals surface area contributed by atoms with Crippen LogP contribution in [0.1, 0.15) is 63.5 Å². The maximum absolute atomic E-state index is 11.2. The largest absolute Gasteiger partial charge is 0.426 e. The van der Waals surface area contributed by atoms with Crippen LogP contribution in [0.3, 0.4) is 0 Å². The van der Waals surface area contributed by atoms with Crippen LogP contribution in [0, 0.1) is 0 Å². The molecule has 0 heterocycles. The minimum Gasteiger partial charge on any atom is -0.426 e. The Morgan fingerprint density at radius 2 is 1.06 bits per heavy atom. The molecule has 0 saturated carbocycles. The van der Waals surface area contributed by atoms with Gasteiger partial charge in [0, 0.05) is 13.8 Å². The molecule has 0 aliphatic heterocycles. The van der Waals surface area contributed by atoms with E-state index in [1.807, 2.05) is 60.3 Å². The lowest BCUT2D eigenvalue weighted by molar-refractivity contribution is -0.132. The van der Waals surface area contributed by atoms with Gasteiger partial charge in [-0.1, -0.05) is 49.2 Å². The van der Waals surface area contributed by atoms with Gasteiger partial charge in [0.15, 0.2) is 0 Å². The molecule has 4 nitrogen and oxygen atoms in total. The summed E-state index contributed by atoms with van der Waals surface area (Å²) in [4.78, 5) is 22.4. The van der Waals surface area contributed by atoms with E-state index in [1.165, 1.54) is 51.0 Å². The summed E-state index contributed by atoms with van der Waals surface area (Å²) in [6, 6.07) is 15.6. The number of carbonyl (C=O) groups excluding carboxylic acids is 2. The molecular formula is C26H34O4S. The van der Waals surface area contributed by atoms with E-state index < -0.39 is 0 Å². The first-order valence-electron chi connectivity index (χ1n) is 11.2. The average Bonchev–Trinajstić information content (AvgIpc) is 2.73. The van der Waals surface area contributed by atoms with Crippen molar-refractivity contribution in [2.75, 3.05) is 11.5 Å². The third kappa shape index (κ3) is 10.5. The zero-order chi connectivity index (χ0) is 22.3. The molecule has 0 amide bonds. The summed E-state index contributed by atoms with van der Waals surface area (Å²) in [6.07, 6.45) is 8.93. The molecule has 168 valence electrons. The van der Waals surface area contributed by atoms with Gasteiger partial charge in [-0.25, -0.2) is 0 Å². The van der Waals surface area contributed by atoms with E-state index in [1.54, 1.807) is 0 Å². The topological polar surface area (TPSA) is 52.6 Å². The number of carbonyl (C=O) groups is 2. The van der Waals surface area contributed by atoms with Gasteiger partial charge in [-0.15, -0.1) is 0 Å². The van der Waals surface area contributed by atoms with Crippen molar-refractivity contribution >= 4 is 23.7 Å². The molecule has 2 aromatic rings. The molecule has 5 heteroatoms. The second-order valence-corrected chi connectivity index (χ2v) is 8.86. The number of hydrogen-bond donors (Lipinski definition) is 0. The molecule has 0 radical (unpaired) electrons. The molecule has 0 bridgehead atoms. The minimum absolute atomic E-state index is 0.266. The molecule has 31 heavy (non-hydrogen) atoms. The number of thioether (sulfide) groups is 1. The molecular weight excluding hydrogens is 408 g/mol. The van der Waals surface area contributed by atoms with Crippen molar-refractivity contribution in [2.45, 2.75) is 65.2 Å². The van der Waals surface area contributed by atoms with Crippen LogP contribution in [-0.4, -0.2) is 23.4 Å². The van der Waals surface area contributed by atoms with Crippen LogP contribution in [0.2, 0.25) is 0 Å². The summed E-state index contributed by atoms with van der Waals surface area (Å²) in [7, 11) is 0. The van der Waals surface area contributed by atoms with E-state index >= 15 is 0 Å². The van der Waals surface area contributed by atoms with Gasteiger partial charge in [-0.2, -0.15) is 11.8 Å². The maximum Gasteiger partial charge on any atom is 0.308 e. The van der Waals surface area contributed by atoms with E-state index in [0.29, 0.717) is 11.5 Å². The quantitative estimate of drug-likeness (QED) is 0.193. The predicted molar refractivity (Wildman–Crippen MR) is 128 cm³/mol. The summed E-state index contributed by atoms with van der Waals surface area (Å²) < 4.78 is 10.5. The number of aryl methyl sites for hydroxylation is 2. The van der Waals surface area contributed by atoms with Gasteiger partial charge in [0.25, 0.3) is 0 Å². The molecule has 0 spiro atoms. The highest BCUT2D eigenvalue weighted by atomic mass is 32.2. The van der Waals surface area contributed by atoms with Crippen molar-refractivity contribution in [3.8, 4) is 11.5 Å². The molecule has 0 aliphatic rings. The highest BCUT2D eigenvalue weighted by Crippen LogP contribution is 2.22. The van der Waals surface area contributed by atoms with Crippen LogP contribution in [-0.2, 0) is 22.4 Å². The van der Waals surface area contributed by atoms with Crippen LogP contribution in [0.4, 0.5) is 0 Å². The number of ether oxygens (including phenoxy) is 2. The first kappa shape index (κ1) is 25.0. The second kappa shape index (κ2) is 14.7. The van der Waals surface area contributed by atoms with Crippen molar-refractivity contribution in [2.24, 2.45) is 0 Å². The Kier molecular flexibility index (Phi) is 11.8. The Hall–Kier alpha value is -2.27. The molecule has 2 aromatic carbocycles. The van der Waals surface area contributed by atoms with E-state index in [0.717, 1.165) is 36.8 Å². The van der Waals surface area contributed by atoms with Gasteiger partial charge in [0.1, 0.15) is 11.5 Å². The van der Waals surface area contributed by atoms with Crippen molar-refractivity contribution in [1.82, 2.24) is 0 Å². The van der Waals surface area contributed by atoms with Gasteiger partial charge in [0.05, 0.1) is 0 Å². The summed E-state index contributed by atoms with van der Waals surface area (Å²) >= 11 is 2.03. The normalized spacial score (nSPS) is 10.6. The van der Waals surface area contributed by atoms with Crippen LogP contribution in [0.25, 0.3) is 0 Å². The lowest BCUT2D eigenvalue weighted by Gasteiger charge is -2.09. The summed E-state index contributed by atoms with van der Waals surface area (Å²) in [5.74, 6) is 3.25. The number of hydrogen-bond acceptors (Lipinski definition) is 5. The number of esters is 2. The Bertz CT molecular complexity index is 751. The van der Waals surface area contributed by atoms with E-state index in [-0.39, 0.29) is 11.9 Å². The molecule has 0 fully saturated rings. The molecule has 0 saturated heterocycles. The lowest BCUT2D eigenvalue weighted by atomic mass is 10.1. The molecule has 0 unspecified atom stereocenters. The Balaban J connectivity index is 1.50. The van der Waals surface area contributed by atoms with Gasteiger partial charge in [0.2, 0.25) is 0 Å². The maximum atomic E-state index is 11.2. The number of benzene rings is 2. The predicted octanol–water partition coefficient (Wildman–Crippen LogP) is 6.40. The standard InChI is InChI=1S/C26H34O4S/c1-21(27)29-25-17-9-7-15-23(25)13-5-3-11-19-31-20-12-4-6-14-24-16-8-10-18-26(24)30-22(2)28/h7-10,15-18H,3-6,11-14,19-20H2,1-2H3. The Morgan fingerprint density at radius 3 is 1.48 bits per heavy atom. The monoisotopic (exact) mass is 442 g/mol. The van der Waals surface area contributed by atoms with Gasteiger partial charge in [-0.3, -0.25) is 9.59 Å². The number of unbranched alkanes of at least 4 members (excludes halogenated alkanes) is 4. The van der Waals surface area contributed by atoms with Crippen molar-refractivity contribution in [1.29, 1.82) is 0 Å². The number of rotatable bonds is 14. The molecule has 0 atom stereocenters. The van der Waals surface area contributed by atoms with Crippen LogP contribution in [0.5, 0.6) is 11.5 Å². The summed E-state index contributed by atoms with van der Waals surface area (Å²) in [5, 5.41) is 0. The lowest BCUT2D eigenvalue weighted by Crippen LogP contribution is -2.04. The first-order valence-corrected chi connectivity index (χ1v) is 12.3. The van der Waals surface area contributed by atoms with E-state index in [4.69, 9.17) is 9.47 Å². The van der Waals surface area contributed by atoms with Crippen LogP contribution in [0.15, 0.2) is 48.5 Å². The minimum atomic E-state index is -0.266. The van der Waals surface area contributed by atoms with Crippen LogP contribution >= 0.6 is 11.8 Å². The zero-order valence-electron chi connectivity index (χ0n) is 18.7. The average molecular weight is 443 g/mol. The third-order valence-electron chi connectivity index (χ3n) is 4.92. The number of para-hydroxylation sites is 2. The highest BCUT2D eigenvalue weighted by molar-refractivity contribution is 7.99. The smallest absolute Gasteiger partial charge is 0.308 e. The Labute approximate surface area is 190 Å². The second-order valence-electron chi connectivity index (χ2n) is 7.64. The highest BCUT2D eigenvalue weighted by Gasteiger charge is 2.06. The van der Waals surface area contributed by atoms with Crippen molar-refractivity contribution in [3.63, 3.8) is 0 Å². The first-order chi connectivity index (χ1) is 15.1. The van der Waals surface area contributed by atoms with Crippen molar-refractivity contribution < 1.29 is 19.1 Å². The third-order valence-corrected chi connectivity index (χ3v) is 6.08.